The van der Waals surface area contributed by atoms with E-state index in [0.717, 1.165) is 0 Å². The number of nitrogens with two attached hydrogens (primary N) is 1. The molecule has 0 heterocycles. The van der Waals surface area contributed by atoms with E-state index >= 15 is 0 Å². The van der Waals surface area contributed by atoms with E-state index in [1.54, 1.807) is 45.9 Å². The summed E-state index contributed by atoms with van der Waals surface area (Å²) >= 11 is 12.5. The maximum absolute atomic E-state index is 14.2. The molecule has 0 saturated heterocycles. The van der Waals surface area contributed by atoms with Crippen LogP contribution in [0.3, 0.4) is 0 Å². The van der Waals surface area contributed by atoms with Gasteiger partial charge in [0.2, 0.25) is 0 Å². The van der Waals surface area contributed by atoms with E-state index in [0.29, 0.717) is 26.7 Å². The van der Waals surface area contributed by atoms with Gasteiger partial charge in [0.25, 0.3) is 0 Å². The summed E-state index contributed by atoms with van der Waals surface area (Å²) in [6, 6.07) is 7.85. The maximum Gasteiger partial charge on any atom is 0.407 e. The fourth-order valence-corrected chi connectivity index (χ4v) is 3.61. The predicted octanol–water partition coefficient (Wildman–Crippen LogP) is 5.52. The van der Waals surface area contributed by atoms with Gasteiger partial charge in [0, 0.05) is 21.7 Å². The molecule has 180 valence electrons. The summed E-state index contributed by atoms with van der Waals surface area (Å²) in [7, 11) is 0. The molecule has 9 heteroatoms. The van der Waals surface area contributed by atoms with Crippen LogP contribution in [0.1, 0.15) is 39.7 Å². The Morgan fingerprint density at radius 2 is 1.85 bits per heavy atom. The Kier molecular flexibility index (Phi) is 9.52. The molecular weight excluding hydrogens is 470 g/mol. The molecule has 0 bridgehead atoms. The van der Waals surface area contributed by atoms with Gasteiger partial charge in [-0.25, -0.2) is 9.18 Å². The highest BCUT2D eigenvalue weighted by atomic mass is 35.5. The number of rotatable bonds is 8. The van der Waals surface area contributed by atoms with E-state index < -0.39 is 35.6 Å². The van der Waals surface area contributed by atoms with Gasteiger partial charge < -0.3 is 20.5 Å². The van der Waals surface area contributed by atoms with Crippen LogP contribution in [-0.2, 0) is 20.7 Å². The van der Waals surface area contributed by atoms with Gasteiger partial charge in [-0.15, -0.1) is 0 Å². The van der Waals surface area contributed by atoms with Gasteiger partial charge in [0.15, 0.2) is 0 Å². The lowest BCUT2D eigenvalue weighted by Crippen LogP contribution is -2.45. The van der Waals surface area contributed by atoms with Crippen LogP contribution in [0.5, 0.6) is 0 Å². The number of benzene rings is 2. The SMILES string of the molecule is CCOC(=O)[C@H](N)C[C@@H](Cc1ccc(-c2cc(Cl)ccc2F)cc1Cl)NC(=O)OC(C)(C)C. The molecule has 0 radical (unpaired) electrons. The van der Waals surface area contributed by atoms with Crippen molar-refractivity contribution in [1.29, 1.82) is 0 Å². The highest BCUT2D eigenvalue weighted by Crippen LogP contribution is 2.30. The van der Waals surface area contributed by atoms with Crippen molar-refractivity contribution in [3.8, 4) is 11.1 Å². The molecule has 2 aromatic rings. The first-order chi connectivity index (χ1) is 15.4. The minimum atomic E-state index is -0.941. The molecule has 0 unspecified atom stereocenters. The Morgan fingerprint density at radius 1 is 1.15 bits per heavy atom. The number of esters is 1. The Labute approximate surface area is 203 Å². The van der Waals surface area contributed by atoms with Gasteiger partial charge in [-0.1, -0.05) is 35.3 Å². The second-order valence-electron chi connectivity index (χ2n) is 8.57. The minimum absolute atomic E-state index is 0.110. The average molecular weight is 499 g/mol. The van der Waals surface area contributed by atoms with Crippen LogP contribution in [0.2, 0.25) is 10.0 Å². The first kappa shape index (κ1) is 26.9. The normalized spacial score (nSPS) is 13.2. The smallest absolute Gasteiger partial charge is 0.407 e. The zero-order valence-corrected chi connectivity index (χ0v) is 20.6. The van der Waals surface area contributed by atoms with Gasteiger partial charge in [-0.3, -0.25) is 4.79 Å². The monoisotopic (exact) mass is 498 g/mol. The maximum atomic E-state index is 14.2. The number of carbonyl (C=O) groups is 2. The van der Waals surface area contributed by atoms with E-state index in [-0.39, 0.29) is 19.4 Å². The molecule has 2 aromatic carbocycles. The molecule has 0 aromatic heterocycles. The van der Waals surface area contributed by atoms with Crippen molar-refractivity contribution < 1.29 is 23.5 Å². The summed E-state index contributed by atoms with van der Waals surface area (Å²) in [5.41, 5.74) is 6.84. The number of carbonyl (C=O) groups excluding carboxylic acids is 2. The highest BCUT2D eigenvalue weighted by molar-refractivity contribution is 6.32. The molecule has 0 aliphatic carbocycles. The molecule has 3 N–H and O–H groups in total. The van der Waals surface area contributed by atoms with E-state index in [1.807, 2.05) is 0 Å². The average Bonchev–Trinajstić information content (AvgIpc) is 2.70. The van der Waals surface area contributed by atoms with Crippen molar-refractivity contribution in [3.63, 3.8) is 0 Å². The number of alkyl carbamates (subject to hydrolysis) is 1. The number of ether oxygens (including phenoxy) is 2. The van der Waals surface area contributed by atoms with Gasteiger partial charge in [-0.2, -0.15) is 0 Å². The number of hydrogen-bond acceptors (Lipinski definition) is 5. The molecule has 0 spiro atoms. The molecule has 0 aliphatic heterocycles. The van der Waals surface area contributed by atoms with Crippen molar-refractivity contribution in [2.45, 2.75) is 58.2 Å². The lowest BCUT2D eigenvalue weighted by molar-refractivity contribution is -0.145. The van der Waals surface area contributed by atoms with Crippen molar-refractivity contribution in [1.82, 2.24) is 5.32 Å². The van der Waals surface area contributed by atoms with Crippen LogP contribution < -0.4 is 11.1 Å². The van der Waals surface area contributed by atoms with E-state index in [1.165, 1.54) is 18.2 Å². The second-order valence-corrected chi connectivity index (χ2v) is 9.42. The Bertz CT molecular complexity index is 995. The molecular formula is C24H29Cl2FN2O4. The number of amides is 1. The zero-order valence-electron chi connectivity index (χ0n) is 19.1. The first-order valence-corrected chi connectivity index (χ1v) is 11.3. The quantitative estimate of drug-likeness (QED) is 0.467. The van der Waals surface area contributed by atoms with Gasteiger partial charge in [0.1, 0.15) is 17.5 Å². The molecule has 6 nitrogen and oxygen atoms in total. The topological polar surface area (TPSA) is 90.6 Å². The van der Waals surface area contributed by atoms with Gasteiger partial charge >= 0.3 is 12.1 Å². The van der Waals surface area contributed by atoms with E-state index in [4.69, 9.17) is 38.4 Å². The highest BCUT2D eigenvalue weighted by Gasteiger charge is 2.25. The number of halogens is 3. The van der Waals surface area contributed by atoms with E-state index in [9.17, 15) is 14.0 Å². The predicted molar refractivity (Wildman–Crippen MR) is 128 cm³/mol. The third-order valence-corrected chi connectivity index (χ3v) is 5.19. The third-order valence-electron chi connectivity index (χ3n) is 4.61. The fraction of sp³-hybridized carbons (Fsp3) is 0.417. The summed E-state index contributed by atoms with van der Waals surface area (Å²) < 4.78 is 24.5. The minimum Gasteiger partial charge on any atom is -0.465 e. The van der Waals surface area contributed by atoms with Crippen LogP contribution >= 0.6 is 23.2 Å². The van der Waals surface area contributed by atoms with Crippen molar-refractivity contribution in [2.24, 2.45) is 5.73 Å². The Morgan fingerprint density at radius 3 is 2.45 bits per heavy atom. The van der Waals surface area contributed by atoms with Gasteiger partial charge in [-0.05, 0) is 75.9 Å². The summed E-state index contributed by atoms with van der Waals surface area (Å²) in [5.74, 6) is -0.987. The summed E-state index contributed by atoms with van der Waals surface area (Å²) in [5, 5.41) is 3.53. The number of nitrogens with one attached hydrogen (secondary N) is 1. The van der Waals surface area contributed by atoms with Crippen molar-refractivity contribution in [3.05, 3.63) is 57.8 Å². The molecule has 1 amide bonds. The third kappa shape index (κ3) is 8.50. The standard InChI is InChI=1S/C24H29Cl2FN2O4/c1-5-32-22(30)21(28)13-17(29-23(31)33-24(2,3)4)10-15-7-6-14(11-19(15)26)18-12-16(25)8-9-20(18)27/h6-9,11-12,17,21H,5,10,13,28H2,1-4H3,(H,29,31)/t17-,21-/m1/s1. The Hall–Kier alpha value is -2.35. The molecule has 0 saturated carbocycles. The van der Waals surface area contributed by atoms with Crippen LogP contribution in [0, 0.1) is 5.82 Å². The first-order valence-electron chi connectivity index (χ1n) is 10.5. The van der Waals surface area contributed by atoms with Gasteiger partial charge in [0.05, 0.1) is 6.61 Å². The molecule has 0 fully saturated rings. The van der Waals surface area contributed by atoms with E-state index in [2.05, 4.69) is 5.32 Å². The lowest BCUT2D eigenvalue weighted by atomic mass is 9.97. The second kappa shape index (κ2) is 11.7. The number of hydrogen-bond donors (Lipinski definition) is 2. The van der Waals surface area contributed by atoms with Crippen molar-refractivity contribution >= 4 is 35.3 Å². The lowest BCUT2D eigenvalue weighted by Gasteiger charge is -2.25. The van der Waals surface area contributed by atoms with Crippen LogP contribution in [0.4, 0.5) is 9.18 Å². The summed E-state index contributed by atoms with van der Waals surface area (Å²) in [6.45, 7) is 7.12. The fourth-order valence-electron chi connectivity index (χ4n) is 3.18. The Balaban J connectivity index is 2.25. The molecule has 2 rings (SSSR count). The van der Waals surface area contributed by atoms with Crippen LogP contribution in [0.25, 0.3) is 11.1 Å². The summed E-state index contributed by atoms with van der Waals surface area (Å²) in [6.07, 6.45) is -0.264. The van der Waals surface area contributed by atoms with Crippen molar-refractivity contribution in [2.75, 3.05) is 6.61 Å². The zero-order chi connectivity index (χ0) is 24.8. The molecule has 2 atom stereocenters. The molecule has 33 heavy (non-hydrogen) atoms. The van der Waals surface area contributed by atoms with Crippen LogP contribution in [0.15, 0.2) is 36.4 Å². The summed E-state index contributed by atoms with van der Waals surface area (Å²) in [4.78, 5) is 24.4. The largest absolute Gasteiger partial charge is 0.465 e. The molecule has 0 aliphatic rings. The van der Waals surface area contributed by atoms with Crippen LogP contribution in [-0.4, -0.2) is 36.4 Å².